The van der Waals surface area contributed by atoms with E-state index in [9.17, 15) is 13.2 Å². The number of halogens is 3. The molecule has 0 amide bonds. The number of nitrogens with one attached hydrogen (secondary N) is 1. The second-order valence-electron chi connectivity index (χ2n) is 5.18. The Labute approximate surface area is 110 Å². The predicted molar refractivity (Wildman–Crippen MR) is 67.7 cm³/mol. The van der Waals surface area contributed by atoms with Crippen molar-refractivity contribution in [3.63, 3.8) is 0 Å². The van der Waals surface area contributed by atoms with E-state index in [-0.39, 0.29) is 11.4 Å². The van der Waals surface area contributed by atoms with Crippen LogP contribution in [0.3, 0.4) is 0 Å². The first-order chi connectivity index (χ1) is 8.89. The average molecular weight is 273 g/mol. The minimum Gasteiger partial charge on any atom is -0.368 e. The van der Waals surface area contributed by atoms with Crippen molar-refractivity contribution in [3.05, 3.63) is 23.9 Å². The average Bonchev–Trinajstić information content (AvgIpc) is 2.37. The van der Waals surface area contributed by atoms with Crippen LogP contribution < -0.4 is 11.1 Å². The second kappa shape index (κ2) is 5.36. The van der Waals surface area contributed by atoms with Crippen LogP contribution in [0.1, 0.15) is 37.8 Å². The highest BCUT2D eigenvalue weighted by Crippen LogP contribution is 2.29. The molecule has 0 atom stereocenters. The number of hydrogen-bond donors (Lipinski definition) is 2. The van der Waals surface area contributed by atoms with Gasteiger partial charge < -0.3 is 11.1 Å². The van der Waals surface area contributed by atoms with E-state index in [1.54, 1.807) is 0 Å². The van der Waals surface area contributed by atoms with Gasteiger partial charge in [0.2, 0.25) is 0 Å². The van der Waals surface area contributed by atoms with E-state index in [2.05, 4.69) is 10.3 Å². The lowest BCUT2D eigenvalue weighted by Crippen LogP contribution is -2.47. The fraction of sp³-hybridized carbons (Fsp3) is 0.615. The molecule has 0 aromatic carbocycles. The fourth-order valence-corrected chi connectivity index (χ4v) is 2.39. The van der Waals surface area contributed by atoms with Gasteiger partial charge in [-0.1, -0.05) is 25.3 Å². The summed E-state index contributed by atoms with van der Waals surface area (Å²) in [5.41, 5.74) is 5.01. The number of nitrogens with two attached hydrogens (primary N) is 1. The molecule has 3 nitrogen and oxygen atoms in total. The van der Waals surface area contributed by atoms with Crippen molar-refractivity contribution in [1.82, 2.24) is 4.98 Å². The molecule has 1 aromatic heterocycles. The van der Waals surface area contributed by atoms with E-state index in [0.29, 0.717) is 6.54 Å². The van der Waals surface area contributed by atoms with Crippen molar-refractivity contribution in [3.8, 4) is 0 Å². The largest absolute Gasteiger partial charge is 0.433 e. The molecule has 2 rings (SSSR count). The lowest BCUT2D eigenvalue weighted by molar-refractivity contribution is -0.141. The van der Waals surface area contributed by atoms with E-state index < -0.39 is 11.9 Å². The molecule has 1 aromatic rings. The maximum Gasteiger partial charge on any atom is 0.433 e. The molecule has 0 radical (unpaired) electrons. The number of aromatic nitrogens is 1. The van der Waals surface area contributed by atoms with E-state index in [1.807, 2.05) is 0 Å². The molecule has 3 N–H and O–H groups in total. The van der Waals surface area contributed by atoms with Gasteiger partial charge in [0.1, 0.15) is 11.5 Å². The van der Waals surface area contributed by atoms with Crippen LogP contribution in [0.4, 0.5) is 19.0 Å². The van der Waals surface area contributed by atoms with E-state index in [4.69, 9.17) is 5.73 Å². The summed E-state index contributed by atoms with van der Waals surface area (Å²) in [5, 5.41) is 2.93. The van der Waals surface area contributed by atoms with Gasteiger partial charge in [0.25, 0.3) is 0 Å². The van der Waals surface area contributed by atoms with Crippen molar-refractivity contribution >= 4 is 5.82 Å². The third-order valence-corrected chi connectivity index (χ3v) is 3.51. The van der Waals surface area contributed by atoms with Gasteiger partial charge in [0.05, 0.1) is 0 Å². The van der Waals surface area contributed by atoms with E-state index >= 15 is 0 Å². The van der Waals surface area contributed by atoms with Crippen molar-refractivity contribution in [2.75, 3.05) is 11.9 Å². The van der Waals surface area contributed by atoms with Gasteiger partial charge in [0, 0.05) is 12.1 Å². The Bertz CT molecular complexity index is 425. The summed E-state index contributed by atoms with van der Waals surface area (Å²) in [6, 6.07) is 3.84. The number of pyridine rings is 1. The number of hydrogen-bond acceptors (Lipinski definition) is 3. The van der Waals surface area contributed by atoms with Crippen molar-refractivity contribution in [2.24, 2.45) is 5.73 Å². The minimum absolute atomic E-state index is 0.227. The first kappa shape index (κ1) is 14.1. The van der Waals surface area contributed by atoms with Crippen LogP contribution in [0.2, 0.25) is 0 Å². The Balaban J connectivity index is 1.99. The van der Waals surface area contributed by atoms with Gasteiger partial charge in [-0.25, -0.2) is 4.98 Å². The standard InChI is InChI=1S/C13H18F3N3/c14-13(15,16)10-5-4-6-11(19-10)18-9-12(17)7-2-1-3-8-12/h4-6H,1-3,7-9,17H2,(H,18,19). The first-order valence-electron chi connectivity index (χ1n) is 6.46. The van der Waals surface area contributed by atoms with Crippen LogP contribution in [-0.2, 0) is 6.18 Å². The number of rotatable bonds is 3. The predicted octanol–water partition coefficient (Wildman–Crippen LogP) is 3.17. The molecule has 0 aliphatic heterocycles. The molecule has 1 fully saturated rings. The lowest BCUT2D eigenvalue weighted by Gasteiger charge is -2.33. The Morgan fingerprint density at radius 1 is 1.21 bits per heavy atom. The molecule has 19 heavy (non-hydrogen) atoms. The Hall–Kier alpha value is -1.30. The molecule has 0 spiro atoms. The molecule has 0 unspecified atom stereocenters. The van der Waals surface area contributed by atoms with Gasteiger partial charge in [-0.2, -0.15) is 13.2 Å². The summed E-state index contributed by atoms with van der Waals surface area (Å²) in [5.74, 6) is 0.227. The summed E-state index contributed by atoms with van der Waals surface area (Å²) in [6.45, 7) is 0.460. The zero-order valence-corrected chi connectivity index (χ0v) is 10.6. The zero-order chi connectivity index (χ0) is 13.9. The zero-order valence-electron chi connectivity index (χ0n) is 10.6. The molecular formula is C13H18F3N3. The highest BCUT2D eigenvalue weighted by atomic mass is 19.4. The molecular weight excluding hydrogens is 255 g/mol. The van der Waals surface area contributed by atoms with Crippen LogP contribution >= 0.6 is 0 Å². The summed E-state index contributed by atoms with van der Waals surface area (Å²) in [6.07, 6.45) is 0.726. The van der Waals surface area contributed by atoms with Crippen molar-refractivity contribution in [1.29, 1.82) is 0 Å². The molecule has 106 valence electrons. The Kier molecular flexibility index (Phi) is 3.99. The van der Waals surface area contributed by atoms with Crippen LogP contribution in [0.5, 0.6) is 0 Å². The number of nitrogens with zero attached hydrogens (tertiary/aromatic N) is 1. The Morgan fingerprint density at radius 2 is 1.89 bits per heavy atom. The third kappa shape index (κ3) is 3.83. The van der Waals surface area contributed by atoms with Crippen LogP contribution in [-0.4, -0.2) is 17.1 Å². The quantitative estimate of drug-likeness (QED) is 0.889. The summed E-state index contributed by atoms with van der Waals surface area (Å²) < 4.78 is 37.6. The SMILES string of the molecule is NC1(CNc2cccc(C(F)(F)F)n2)CCCCC1. The molecule has 1 heterocycles. The molecule has 0 bridgehead atoms. The maximum atomic E-state index is 12.5. The Morgan fingerprint density at radius 3 is 2.53 bits per heavy atom. The lowest BCUT2D eigenvalue weighted by atomic mass is 9.82. The van der Waals surface area contributed by atoms with Crippen LogP contribution in [0.15, 0.2) is 18.2 Å². The maximum absolute atomic E-state index is 12.5. The van der Waals surface area contributed by atoms with E-state index in [0.717, 1.165) is 31.7 Å². The van der Waals surface area contributed by atoms with Crippen LogP contribution in [0.25, 0.3) is 0 Å². The topological polar surface area (TPSA) is 50.9 Å². The number of alkyl halides is 3. The molecule has 0 saturated heterocycles. The second-order valence-corrected chi connectivity index (χ2v) is 5.18. The molecule has 1 aliphatic rings. The van der Waals surface area contributed by atoms with Gasteiger partial charge in [-0.15, -0.1) is 0 Å². The van der Waals surface area contributed by atoms with Crippen LogP contribution in [0, 0.1) is 0 Å². The van der Waals surface area contributed by atoms with E-state index in [1.165, 1.54) is 18.6 Å². The van der Waals surface area contributed by atoms with Gasteiger partial charge in [-0.05, 0) is 25.0 Å². The number of anilines is 1. The monoisotopic (exact) mass is 273 g/mol. The smallest absolute Gasteiger partial charge is 0.368 e. The first-order valence-corrected chi connectivity index (χ1v) is 6.46. The summed E-state index contributed by atoms with van der Waals surface area (Å²) in [7, 11) is 0. The highest BCUT2D eigenvalue weighted by Gasteiger charge is 2.32. The summed E-state index contributed by atoms with van der Waals surface area (Å²) >= 11 is 0. The molecule has 6 heteroatoms. The van der Waals surface area contributed by atoms with Gasteiger partial charge in [-0.3, -0.25) is 0 Å². The summed E-state index contributed by atoms with van der Waals surface area (Å²) in [4.78, 5) is 3.57. The molecule has 1 aliphatic carbocycles. The van der Waals surface area contributed by atoms with Gasteiger partial charge >= 0.3 is 6.18 Å². The fourth-order valence-electron chi connectivity index (χ4n) is 2.39. The third-order valence-electron chi connectivity index (χ3n) is 3.51. The normalized spacial score (nSPS) is 19.2. The van der Waals surface area contributed by atoms with Gasteiger partial charge in [0.15, 0.2) is 0 Å². The van der Waals surface area contributed by atoms with Crippen molar-refractivity contribution < 1.29 is 13.2 Å². The molecule has 1 saturated carbocycles. The van der Waals surface area contributed by atoms with Crippen molar-refractivity contribution in [2.45, 2.75) is 43.8 Å². The highest BCUT2D eigenvalue weighted by molar-refractivity contribution is 5.36. The minimum atomic E-state index is -4.41.